The van der Waals surface area contributed by atoms with E-state index in [4.69, 9.17) is 0 Å². The van der Waals surface area contributed by atoms with Crippen LogP contribution in [0.5, 0.6) is 0 Å². The second-order valence-electron chi connectivity index (χ2n) is 2.14. The molecule has 0 unspecified atom stereocenters. The molecule has 2 heteroatoms. The number of hydrogen-bond donors (Lipinski definition) is 0. The van der Waals surface area contributed by atoms with Gasteiger partial charge in [-0.3, -0.25) is 0 Å². The summed E-state index contributed by atoms with van der Waals surface area (Å²) < 4.78 is 0. The Labute approximate surface area is 74.4 Å². The predicted octanol–water partition coefficient (Wildman–Crippen LogP) is 3.42. The van der Waals surface area contributed by atoms with Crippen molar-refractivity contribution in [3.63, 3.8) is 0 Å². The Morgan fingerprint density at radius 2 is 2.09 bits per heavy atom. The molecule has 0 aromatic heterocycles. The number of hydrogen-bond acceptors (Lipinski definition) is 2. The van der Waals surface area contributed by atoms with Crippen molar-refractivity contribution in [3.05, 3.63) is 44.2 Å². The fraction of sp³-hybridized carbons (Fsp3) is 0.111. The highest BCUT2D eigenvalue weighted by molar-refractivity contribution is 8.12. The van der Waals surface area contributed by atoms with Gasteiger partial charge in [-0.2, -0.15) is 0 Å². The number of allylic oxidation sites excluding steroid dienone is 3. The minimum Gasteiger partial charge on any atom is -0.100 e. The third kappa shape index (κ3) is 1.55. The quantitative estimate of drug-likeness (QED) is 0.521. The van der Waals surface area contributed by atoms with Crippen LogP contribution in [0.4, 0.5) is 0 Å². The third-order valence-corrected chi connectivity index (χ3v) is 3.55. The summed E-state index contributed by atoms with van der Waals surface area (Å²) >= 11 is 3.56. The highest BCUT2D eigenvalue weighted by atomic mass is 32.2. The molecule has 0 saturated carbocycles. The van der Waals surface area contributed by atoms with Crippen molar-refractivity contribution in [1.29, 1.82) is 0 Å². The molecule has 1 heterocycles. The average molecular weight is 178 g/mol. The smallest absolute Gasteiger partial charge is 0.0302 e. The first-order valence-corrected chi connectivity index (χ1v) is 5.10. The van der Waals surface area contributed by atoms with E-state index < -0.39 is 0 Å². The molecule has 1 aliphatic carbocycles. The molecule has 2 aliphatic rings. The van der Waals surface area contributed by atoms with Crippen LogP contribution >= 0.6 is 23.5 Å². The van der Waals surface area contributed by atoms with Gasteiger partial charge in [0.1, 0.15) is 0 Å². The van der Waals surface area contributed by atoms with Crippen molar-refractivity contribution in [1.82, 2.24) is 0 Å². The Balaban J connectivity index is 2.36. The van der Waals surface area contributed by atoms with Gasteiger partial charge in [0.15, 0.2) is 0 Å². The molecule has 54 valence electrons. The fourth-order valence-electron chi connectivity index (χ4n) is 0.908. The van der Waals surface area contributed by atoms with E-state index in [2.05, 4.69) is 22.3 Å². The van der Waals surface area contributed by atoms with Crippen LogP contribution in [0.2, 0.25) is 0 Å². The van der Waals surface area contributed by atoms with E-state index in [0.29, 0.717) is 0 Å². The maximum Gasteiger partial charge on any atom is 0.0302 e. The van der Waals surface area contributed by atoms with Gasteiger partial charge in [-0.25, -0.2) is 0 Å². The molecular weight excluding hydrogens is 172 g/mol. The summed E-state index contributed by atoms with van der Waals surface area (Å²) in [6.45, 7) is 0. The van der Waals surface area contributed by atoms with E-state index in [1.54, 1.807) is 23.5 Å². The SMILES string of the molecule is C1=C=CC2=C(CC=1)SC=CS2. The Hall–Kier alpha value is -0.520. The predicted molar refractivity (Wildman–Crippen MR) is 52.1 cm³/mol. The van der Waals surface area contributed by atoms with Gasteiger partial charge in [-0.15, -0.1) is 11.8 Å². The highest BCUT2D eigenvalue weighted by Gasteiger charge is 2.06. The Bertz CT molecular complexity index is 321. The lowest BCUT2D eigenvalue weighted by Crippen LogP contribution is -1.80. The van der Waals surface area contributed by atoms with Crippen molar-refractivity contribution in [2.75, 3.05) is 0 Å². The van der Waals surface area contributed by atoms with Gasteiger partial charge in [0, 0.05) is 22.3 Å². The number of thioether (sulfide) groups is 2. The summed E-state index contributed by atoms with van der Waals surface area (Å²) in [5.74, 6) is 0. The fourth-order valence-corrected chi connectivity index (χ4v) is 2.65. The molecule has 0 spiro atoms. The van der Waals surface area contributed by atoms with E-state index in [1.165, 1.54) is 9.81 Å². The lowest BCUT2D eigenvalue weighted by molar-refractivity contribution is 1.37. The minimum atomic E-state index is 1.00. The molecule has 0 atom stereocenters. The van der Waals surface area contributed by atoms with Crippen molar-refractivity contribution in [2.45, 2.75) is 6.42 Å². The Morgan fingerprint density at radius 3 is 3.09 bits per heavy atom. The molecule has 0 radical (unpaired) electrons. The van der Waals surface area contributed by atoms with E-state index in [1.807, 2.05) is 12.2 Å². The van der Waals surface area contributed by atoms with Crippen molar-refractivity contribution < 1.29 is 0 Å². The Morgan fingerprint density at radius 1 is 1.18 bits per heavy atom. The molecule has 0 aromatic rings. The van der Waals surface area contributed by atoms with Gasteiger partial charge in [-0.05, 0) is 16.9 Å². The minimum absolute atomic E-state index is 1.00. The van der Waals surface area contributed by atoms with E-state index in [-0.39, 0.29) is 0 Å². The summed E-state index contributed by atoms with van der Waals surface area (Å²) in [5, 5.41) is 4.23. The first-order chi connectivity index (χ1) is 5.47. The molecule has 1 aliphatic heterocycles. The molecule has 0 saturated heterocycles. The normalized spacial score (nSPS) is 20.4. The molecular formula is C9H6S2. The highest BCUT2D eigenvalue weighted by Crippen LogP contribution is 2.37. The van der Waals surface area contributed by atoms with Gasteiger partial charge in [0.2, 0.25) is 0 Å². The lowest BCUT2D eigenvalue weighted by atomic mass is 10.4. The largest absolute Gasteiger partial charge is 0.100 e. The number of rotatable bonds is 0. The Kier molecular flexibility index (Phi) is 2.11. The van der Waals surface area contributed by atoms with Gasteiger partial charge in [-0.1, -0.05) is 23.2 Å². The topological polar surface area (TPSA) is 0 Å². The van der Waals surface area contributed by atoms with Crippen LogP contribution in [0.25, 0.3) is 0 Å². The van der Waals surface area contributed by atoms with Crippen molar-refractivity contribution in [2.24, 2.45) is 0 Å². The van der Waals surface area contributed by atoms with E-state index >= 15 is 0 Å². The monoisotopic (exact) mass is 178 g/mol. The van der Waals surface area contributed by atoms with E-state index in [9.17, 15) is 0 Å². The van der Waals surface area contributed by atoms with Gasteiger partial charge in [0.25, 0.3) is 0 Å². The second-order valence-corrected chi connectivity index (χ2v) is 4.08. The van der Waals surface area contributed by atoms with Crippen molar-refractivity contribution >= 4 is 23.5 Å². The van der Waals surface area contributed by atoms with Gasteiger partial charge < -0.3 is 0 Å². The van der Waals surface area contributed by atoms with E-state index in [0.717, 1.165) is 6.42 Å². The molecule has 0 nitrogen and oxygen atoms in total. The van der Waals surface area contributed by atoms with Gasteiger partial charge in [0.05, 0.1) is 0 Å². The first kappa shape index (κ1) is 7.15. The molecule has 2 rings (SSSR count). The van der Waals surface area contributed by atoms with Crippen LogP contribution in [-0.2, 0) is 0 Å². The molecule has 0 fully saturated rings. The zero-order chi connectivity index (χ0) is 7.52. The molecule has 0 amide bonds. The van der Waals surface area contributed by atoms with Crippen LogP contribution in [-0.4, -0.2) is 0 Å². The maximum atomic E-state index is 2.99. The van der Waals surface area contributed by atoms with Crippen LogP contribution in [0.15, 0.2) is 44.2 Å². The first-order valence-electron chi connectivity index (χ1n) is 3.34. The standard InChI is InChI=1S/C9H6S2/c1-2-4-8-9(5-3-1)11-7-6-10-8/h2,5-7H,4H2. The van der Waals surface area contributed by atoms with Crippen LogP contribution in [0.3, 0.4) is 0 Å². The molecule has 0 bridgehead atoms. The third-order valence-electron chi connectivity index (χ3n) is 1.41. The zero-order valence-electron chi connectivity index (χ0n) is 5.83. The zero-order valence-corrected chi connectivity index (χ0v) is 7.47. The summed E-state index contributed by atoms with van der Waals surface area (Å²) in [6, 6.07) is 0. The average Bonchev–Trinajstić information content (AvgIpc) is 2.28. The van der Waals surface area contributed by atoms with Gasteiger partial charge >= 0.3 is 0 Å². The van der Waals surface area contributed by atoms with Crippen LogP contribution in [0.1, 0.15) is 6.42 Å². The van der Waals surface area contributed by atoms with Crippen LogP contribution in [0, 0.1) is 0 Å². The molecule has 11 heavy (non-hydrogen) atoms. The summed E-state index contributed by atoms with van der Waals surface area (Å²) in [4.78, 5) is 2.73. The summed E-state index contributed by atoms with van der Waals surface area (Å²) in [7, 11) is 0. The summed E-state index contributed by atoms with van der Waals surface area (Å²) in [5.41, 5.74) is 5.97. The van der Waals surface area contributed by atoms with Crippen LogP contribution < -0.4 is 0 Å². The second kappa shape index (κ2) is 3.25. The molecule has 0 aromatic carbocycles. The molecule has 0 N–H and O–H groups in total. The summed E-state index contributed by atoms with van der Waals surface area (Å²) in [6.07, 6.45) is 5.02. The van der Waals surface area contributed by atoms with Crippen molar-refractivity contribution in [3.8, 4) is 0 Å². The lowest BCUT2D eigenvalue weighted by Gasteiger charge is -2.08. The maximum absolute atomic E-state index is 2.99.